The van der Waals surface area contributed by atoms with Gasteiger partial charge in [0.05, 0.1) is 0 Å². The van der Waals surface area contributed by atoms with Crippen molar-refractivity contribution in [1.82, 2.24) is 4.90 Å². The Morgan fingerprint density at radius 2 is 1.95 bits per heavy atom. The summed E-state index contributed by atoms with van der Waals surface area (Å²) in [6, 6.07) is 4.24. The van der Waals surface area contributed by atoms with Gasteiger partial charge in [-0.15, -0.1) is 0 Å². The maximum absolute atomic E-state index is 13.7. The van der Waals surface area contributed by atoms with Gasteiger partial charge in [-0.1, -0.05) is 31.4 Å². The fraction of sp³-hybridized carbons (Fsp3) is 0.600. The van der Waals surface area contributed by atoms with Crippen molar-refractivity contribution in [2.45, 2.75) is 44.2 Å². The molecule has 2 N–H and O–H groups in total. The summed E-state index contributed by atoms with van der Waals surface area (Å²) in [4.78, 5) is 2.19. The lowest BCUT2D eigenvalue weighted by molar-refractivity contribution is 0.181. The van der Waals surface area contributed by atoms with Gasteiger partial charge in [0.2, 0.25) is 0 Å². The monoisotopic (exact) mass is 268 g/mol. The molecule has 0 amide bonds. The van der Waals surface area contributed by atoms with Crippen LogP contribution in [0.1, 0.15) is 43.7 Å². The Morgan fingerprint density at radius 1 is 1.26 bits per heavy atom. The van der Waals surface area contributed by atoms with E-state index >= 15 is 0 Å². The number of nitrogens with zero attached hydrogens (tertiary/aromatic N) is 1. The number of hydrogen-bond acceptors (Lipinski definition) is 2. The average Bonchev–Trinajstić information content (AvgIpc) is 2.42. The van der Waals surface area contributed by atoms with Crippen molar-refractivity contribution in [3.05, 3.63) is 35.4 Å². The van der Waals surface area contributed by atoms with E-state index in [1.807, 2.05) is 7.05 Å². The Kier molecular flexibility index (Phi) is 4.88. The molecule has 1 aliphatic carbocycles. The van der Waals surface area contributed by atoms with Gasteiger partial charge in [0.15, 0.2) is 11.6 Å². The zero-order chi connectivity index (χ0) is 13.8. The third kappa shape index (κ3) is 3.51. The summed E-state index contributed by atoms with van der Waals surface area (Å²) in [5.74, 6) is -1.64. The predicted molar refractivity (Wildman–Crippen MR) is 72.8 cm³/mol. The highest BCUT2D eigenvalue weighted by Crippen LogP contribution is 2.24. The summed E-state index contributed by atoms with van der Waals surface area (Å²) in [6.07, 6.45) is 6.15. The minimum atomic E-state index is -0.826. The van der Waals surface area contributed by atoms with Gasteiger partial charge in [-0.05, 0) is 26.0 Å². The van der Waals surface area contributed by atoms with E-state index in [0.29, 0.717) is 12.6 Å². The molecule has 1 aromatic rings. The first-order chi connectivity index (χ1) is 9.09. The Hall–Kier alpha value is -1.00. The van der Waals surface area contributed by atoms with Gasteiger partial charge >= 0.3 is 0 Å². The summed E-state index contributed by atoms with van der Waals surface area (Å²) in [5, 5.41) is 0. The molecule has 1 aliphatic rings. The van der Waals surface area contributed by atoms with E-state index in [1.54, 1.807) is 6.07 Å². The molecule has 1 fully saturated rings. The molecule has 0 bridgehead atoms. The maximum Gasteiger partial charge on any atom is 0.163 e. The molecule has 1 atom stereocenters. The number of hydrogen-bond donors (Lipinski definition) is 1. The van der Waals surface area contributed by atoms with Crippen LogP contribution < -0.4 is 5.73 Å². The third-order valence-corrected chi connectivity index (χ3v) is 4.06. The standard InChI is InChI=1S/C15H22F2N2/c1-19(11-6-3-2-4-7-11)10-14(18)12-8-5-9-13(16)15(12)17/h5,8-9,11,14H,2-4,6-7,10,18H2,1H3. The number of nitrogens with two attached hydrogens (primary N) is 1. The molecule has 2 nitrogen and oxygen atoms in total. The first kappa shape index (κ1) is 14.4. The zero-order valence-corrected chi connectivity index (χ0v) is 11.4. The van der Waals surface area contributed by atoms with Gasteiger partial charge in [0, 0.05) is 24.2 Å². The smallest absolute Gasteiger partial charge is 0.163 e. The van der Waals surface area contributed by atoms with Crippen LogP contribution >= 0.6 is 0 Å². The molecule has 19 heavy (non-hydrogen) atoms. The van der Waals surface area contributed by atoms with Gasteiger partial charge in [-0.2, -0.15) is 0 Å². The molecule has 1 aromatic carbocycles. The van der Waals surface area contributed by atoms with Gasteiger partial charge in [-0.25, -0.2) is 8.78 Å². The van der Waals surface area contributed by atoms with Crippen molar-refractivity contribution >= 4 is 0 Å². The largest absolute Gasteiger partial charge is 0.323 e. The lowest BCUT2D eigenvalue weighted by atomic mass is 9.94. The Balaban J connectivity index is 1.99. The molecule has 0 spiro atoms. The first-order valence-corrected chi connectivity index (χ1v) is 6.99. The third-order valence-electron chi connectivity index (χ3n) is 4.06. The molecule has 1 unspecified atom stereocenters. The summed E-state index contributed by atoms with van der Waals surface area (Å²) >= 11 is 0. The summed E-state index contributed by atoms with van der Waals surface area (Å²) in [5.41, 5.74) is 6.29. The Morgan fingerprint density at radius 3 is 2.63 bits per heavy atom. The number of halogens is 2. The Labute approximate surface area is 113 Å². The second-order valence-electron chi connectivity index (χ2n) is 5.48. The molecule has 4 heteroatoms. The number of benzene rings is 1. The molecular formula is C15H22F2N2. The van der Waals surface area contributed by atoms with Crippen molar-refractivity contribution in [2.75, 3.05) is 13.6 Å². The molecule has 106 valence electrons. The molecule has 0 aliphatic heterocycles. The van der Waals surface area contributed by atoms with E-state index in [-0.39, 0.29) is 5.56 Å². The van der Waals surface area contributed by atoms with Gasteiger partial charge in [0.25, 0.3) is 0 Å². The van der Waals surface area contributed by atoms with Crippen LogP contribution in [-0.2, 0) is 0 Å². The highest BCUT2D eigenvalue weighted by atomic mass is 19.2. The van der Waals surface area contributed by atoms with Crippen molar-refractivity contribution in [2.24, 2.45) is 5.73 Å². The average molecular weight is 268 g/mol. The quantitative estimate of drug-likeness (QED) is 0.908. The maximum atomic E-state index is 13.7. The Bertz CT molecular complexity index is 417. The van der Waals surface area contributed by atoms with E-state index < -0.39 is 17.7 Å². The predicted octanol–water partition coefficient (Wildman–Crippen LogP) is 3.23. The zero-order valence-electron chi connectivity index (χ0n) is 11.4. The second kappa shape index (κ2) is 6.44. The van der Waals surface area contributed by atoms with Crippen LogP contribution in [-0.4, -0.2) is 24.5 Å². The van der Waals surface area contributed by atoms with Crippen molar-refractivity contribution in [3.63, 3.8) is 0 Å². The van der Waals surface area contributed by atoms with Gasteiger partial charge < -0.3 is 10.6 Å². The molecule has 1 saturated carbocycles. The number of rotatable bonds is 4. The van der Waals surface area contributed by atoms with Crippen LogP contribution in [0.5, 0.6) is 0 Å². The van der Waals surface area contributed by atoms with Crippen LogP contribution in [0.3, 0.4) is 0 Å². The lowest BCUT2D eigenvalue weighted by Crippen LogP contribution is -2.38. The van der Waals surface area contributed by atoms with Crippen molar-refractivity contribution < 1.29 is 8.78 Å². The van der Waals surface area contributed by atoms with Crippen LogP contribution in [0.4, 0.5) is 8.78 Å². The SMILES string of the molecule is CN(CC(N)c1cccc(F)c1F)C1CCCCC1. The molecule has 0 radical (unpaired) electrons. The fourth-order valence-corrected chi connectivity index (χ4v) is 2.89. The molecule has 0 heterocycles. The van der Waals surface area contributed by atoms with Gasteiger partial charge in [-0.3, -0.25) is 0 Å². The molecule has 0 saturated heterocycles. The first-order valence-electron chi connectivity index (χ1n) is 6.99. The second-order valence-corrected chi connectivity index (χ2v) is 5.48. The highest BCUT2D eigenvalue weighted by molar-refractivity contribution is 5.22. The minimum Gasteiger partial charge on any atom is -0.323 e. The van der Waals surface area contributed by atoms with Crippen molar-refractivity contribution in [1.29, 1.82) is 0 Å². The van der Waals surface area contributed by atoms with Crippen LogP contribution in [0.25, 0.3) is 0 Å². The van der Waals surface area contributed by atoms with E-state index in [0.717, 1.165) is 6.07 Å². The van der Waals surface area contributed by atoms with Crippen LogP contribution in [0.2, 0.25) is 0 Å². The fourth-order valence-electron chi connectivity index (χ4n) is 2.89. The van der Waals surface area contributed by atoms with Gasteiger partial charge in [0.1, 0.15) is 0 Å². The molecule has 2 rings (SSSR count). The van der Waals surface area contributed by atoms with Crippen molar-refractivity contribution in [3.8, 4) is 0 Å². The van der Waals surface area contributed by atoms with Crippen LogP contribution in [0.15, 0.2) is 18.2 Å². The van der Waals surface area contributed by atoms with E-state index in [2.05, 4.69) is 4.90 Å². The summed E-state index contributed by atoms with van der Waals surface area (Å²) in [6.45, 7) is 0.561. The highest BCUT2D eigenvalue weighted by Gasteiger charge is 2.22. The molecule has 0 aromatic heterocycles. The summed E-state index contributed by atoms with van der Waals surface area (Å²) < 4.78 is 26.9. The lowest BCUT2D eigenvalue weighted by Gasteiger charge is -2.33. The minimum absolute atomic E-state index is 0.266. The summed E-state index contributed by atoms with van der Waals surface area (Å²) in [7, 11) is 2.02. The molecular weight excluding hydrogens is 246 g/mol. The van der Waals surface area contributed by atoms with E-state index in [1.165, 1.54) is 38.2 Å². The van der Waals surface area contributed by atoms with E-state index in [4.69, 9.17) is 5.73 Å². The topological polar surface area (TPSA) is 29.3 Å². The van der Waals surface area contributed by atoms with E-state index in [9.17, 15) is 8.78 Å². The van der Waals surface area contributed by atoms with Crippen LogP contribution in [0, 0.1) is 11.6 Å². The number of likely N-dealkylation sites (N-methyl/N-ethyl adjacent to an activating group) is 1. The normalized spacial score (nSPS) is 18.8.